The minimum Gasteiger partial charge on any atom is -0.396 e. The summed E-state index contributed by atoms with van der Waals surface area (Å²) in [4.78, 5) is 12.9. The molecule has 1 amide bonds. The largest absolute Gasteiger partial charge is 0.396 e. The van der Waals surface area contributed by atoms with E-state index in [-0.39, 0.29) is 17.9 Å². The summed E-state index contributed by atoms with van der Waals surface area (Å²) < 4.78 is 0. The van der Waals surface area contributed by atoms with Crippen LogP contribution in [0.25, 0.3) is 0 Å². The zero-order valence-corrected chi connectivity index (χ0v) is 14.3. The first-order valence-electron chi connectivity index (χ1n) is 7.19. The second kappa shape index (κ2) is 9.34. The summed E-state index contributed by atoms with van der Waals surface area (Å²) in [5.41, 5.74) is -0.0531. The Morgan fingerprint density at radius 3 is 2.62 bits per heavy atom. The molecule has 3 nitrogen and oxygen atoms in total. The summed E-state index contributed by atoms with van der Waals surface area (Å²) in [6.45, 7) is 4.84. The lowest BCUT2D eigenvalue weighted by molar-refractivity contribution is -0.121. The molecule has 0 heterocycles. The van der Waals surface area contributed by atoms with Crippen molar-refractivity contribution in [3.8, 4) is 0 Å². The van der Waals surface area contributed by atoms with E-state index in [0.29, 0.717) is 19.4 Å². The van der Waals surface area contributed by atoms with Gasteiger partial charge in [0.05, 0.1) is 0 Å². The van der Waals surface area contributed by atoms with Crippen LogP contribution in [0.5, 0.6) is 0 Å². The van der Waals surface area contributed by atoms with E-state index in [1.165, 1.54) is 4.90 Å². The molecular formula is C16H24ClNO2S. The van der Waals surface area contributed by atoms with Gasteiger partial charge in [-0.2, -0.15) is 0 Å². The van der Waals surface area contributed by atoms with Crippen molar-refractivity contribution in [2.24, 2.45) is 5.41 Å². The summed E-state index contributed by atoms with van der Waals surface area (Å²) in [5, 5.41) is 12.6. The maximum absolute atomic E-state index is 11.7. The molecule has 0 aliphatic rings. The number of aliphatic hydroxyl groups excluding tert-OH is 1. The maximum atomic E-state index is 11.7. The summed E-state index contributed by atoms with van der Waals surface area (Å²) in [6, 6.07) is 7.73. The number of nitrogens with one attached hydrogen (secondary N) is 1. The third-order valence-corrected chi connectivity index (χ3v) is 4.53. The van der Waals surface area contributed by atoms with Gasteiger partial charge in [0.2, 0.25) is 5.91 Å². The van der Waals surface area contributed by atoms with E-state index in [1.807, 2.05) is 38.1 Å². The molecule has 5 heteroatoms. The number of carbonyl (C=O) groups is 1. The van der Waals surface area contributed by atoms with E-state index < -0.39 is 0 Å². The van der Waals surface area contributed by atoms with Crippen LogP contribution in [-0.2, 0) is 4.79 Å². The fourth-order valence-electron chi connectivity index (χ4n) is 1.77. The third kappa shape index (κ3) is 8.34. The fraction of sp³-hybridized carbons (Fsp3) is 0.562. The number of thioether (sulfide) groups is 1. The lowest BCUT2D eigenvalue weighted by Gasteiger charge is -2.23. The highest BCUT2D eigenvalue weighted by Crippen LogP contribution is 2.21. The molecule has 1 aromatic rings. The monoisotopic (exact) mass is 329 g/mol. The smallest absolute Gasteiger partial charge is 0.220 e. The maximum Gasteiger partial charge on any atom is 0.220 e. The van der Waals surface area contributed by atoms with Gasteiger partial charge in [-0.1, -0.05) is 25.4 Å². The molecule has 0 aliphatic carbocycles. The highest BCUT2D eigenvalue weighted by molar-refractivity contribution is 7.99. The molecule has 2 N–H and O–H groups in total. The van der Waals surface area contributed by atoms with Crippen molar-refractivity contribution < 1.29 is 9.90 Å². The standard InChI is InChI=1S/C16H24ClNO2S/c1-16(2,9-10-19)12-18-15(20)4-3-11-21-14-7-5-13(17)6-8-14/h5-8,19H,3-4,9-12H2,1-2H3,(H,18,20). The highest BCUT2D eigenvalue weighted by Gasteiger charge is 2.17. The van der Waals surface area contributed by atoms with E-state index in [0.717, 1.165) is 17.2 Å². The van der Waals surface area contributed by atoms with Crippen LogP contribution in [-0.4, -0.2) is 29.9 Å². The Kier molecular flexibility index (Phi) is 8.15. The van der Waals surface area contributed by atoms with Crippen LogP contribution in [0.1, 0.15) is 33.1 Å². The Labute approximate surface area is 136 Å². The van der Waals surface area contributed by atoms with Gasteiger partial charge in [-0.3, -0.25) is 4.79 Å². The van der Waals surface area contributed by atoms with E-state index in [9.17, 15) is 4.79 Å². The number of hydrogen-bond donors (Lipinski definition) is 2. The third-order valence-electron chi connectivity index (χ3n) is 3.18. The lowest BCUT2D eigenvalue weighted by Crippen LogP contribution is -2.34. The minimum absolute atomic E-state index is 0.0531. The van der Waals surface area contributed by atoms with Crippen LogP contribution in [0.15, 0.2) is 29.2 Å². The molecule has 0 unspecified atom stereocenters. The number of aliphatic hydroxyl groups is 1. The van der Waals surface area contributed by atoms with Gasteiger partial charge in [0.25, 0.3) is 0 Å². The predicted octanol–water partition coefficient (Wildman–Crippen LogP) is 3.74. The molecule has 1 aromatic carbocycles. The molecule has 0 fully saturated rings. The first kappa shape index (κ1) is 18.3. The Morgan fingerprint density at radius 1 is 1.33 bits per heavy atom. The second-order valence-electron chi connectivity index (χ2n) is 5.82. The topological polar surface area (TPSA) is 49.3 Å². The molecule has 1 rings (SSSR count). The van der Waals surface area contributed by atoms with Gasteiger partial charge >= 0.3 is 0 Å². The summed E-state index contributed by atoms with van der Waals surface area (Å²) >= 11 is 7.56. The number of benzene rings is 1. The van der Waals surface area contributed by atoms with Crippen molar-refractivity contribution in [1.82, 2.24) is 5.32 Å². The minimum atomic E-state index is -0.0531. The molecule has 0 spiro atoms. The van der Waals surface area contributed by atoms with E-state index in [1.54, 1.807) is 11.8 Å². The highest BCUT2D eigenvalue weighted by atomic mass is 35.5. The molecule has 0 saturated carbocycles. The molecule has 0 saturated heterocycles. The van der Waals surface area contributed by atoms with Crippen molar-refractivity contribution in [1.29, 1.82) is 0 Å². The van der Waals surface area contributed by atoms with Gasteiger partial charge < -0.3 is 10.4 Å². The Hall–Kier alpha value is -0.710. The first-order chi connectivity index (χ1) is 9.93. The van der Waals surface area contributed by atoms with Crippen LogP contribution in [0, 0.1) is 5.41 Å². The van der Waals surface area contributed by atoms with Crippen LogP contribution in [0.3, 0.4) is 0 Å². The van der Waals surface area contributed by atoms with E-state index in [2.05, 4.69) is 5.32 Å². The SMILES string of the molecule is CC(C)(CCO)CNC(=O)CCCSc1ccc(Cl)cc1. The lowest BCUT2D eigenvalue weighted by atomic mass is 9.90. The van der Waals surface area contributed by atoms with E-state index in [4.69, 9.17) is 16.7 Å². The molecule has 0 aromatic heterocycles. The molecule has 21 heavy (non-hydrogen) atoms. The van der Waals surface area contributed by atoms with Crippen LogP contribution in [0.2, 0.25) is 5.02 Å². The normalized spacial score (nSPS) is 11.4. The predicted molar refractivity (Wildman–Crippen MR) is 89.9 cm³/mol. The average molecular weight is 330 g/mol. The van der Waals surface area contributed by atoms with Crippen molar-refractivity contribution in [3.05, 3.63) is 29.3 Å². The van der Waals surface area contributed by atoms with Gasteiger partial charge in [0.15, 0.2) is 0 Å². The average Bonchev–Trinajstić information content (AvgIpc) is 2.43. The van der Waals surface area contributed by atoms with Crippen LogP contribution >= 0.6 is 23.4 Å². The number of halogens is 1. The first-order valence-corrected chi connectivity index (χ1v) is 8.55. The molecular weight excluding hydrogens is 306 g/mol. The number of hydrogen-bond acceptors (Lipinski definition) is 3. The number of carbonyl (C=O) groups excluding carboxylic acids is 1. The molecule has 118 valence electrons. The summed E-state index contributed by atoms with van der Waals surface area (Å²) in [6.07, 6.45) is 2.08. The van der Waals surface area contributed by atoms with Gasteiger partial charge in [-0.15, -0.1) is 11.8 Å². The van der Waals surface area contributed by atoms with E-state index >= 15 is 0 Å². The van der Waals surface area contributed by atoms with Crippen molar-refractivity contribution in [3.63, 3.8) is 0 Å². The Morgan fingerprint density at radius 2 is 2.00 bits per heavy atom. The van der Waals surface area contributed by atoms with Gasteiger partial charge in [0, 0.05) is 29.5 Å². The molecule has 0 atom stereocenters. The van der Waals surface area contributed by atoms with Crippen molar-refractivity contribution in [2.45, 2.75) is 38.0 Å². The summed E-state index contributed by atoms with van der Waals surface area (Å²) in [5.74, 6) is 0.993. The van der Waals surface area contributed by atoms with Gasteiger partial charge in [0.1, 0.15) is 0 Å². The van der Waals surface area contributed by atoms with Crippen LogP contribution in [0.4, 0.5) is 0 Å². The van der Waals surface area contributed by atoms with Gasteiger partial charge in [-0.25, -0.2) is 0 Å². The molecule has 0 radical (unpaired) electrons. The molecule has 0 bridgehead atoms. The number of amides is 1. The Bertz CT molecular complexity index is 434. The van der Waals surface area contributed by atoms with Crippen LogP contribution < -0.4 is 5.32 Å². The quantitative estimate of drug-likeness (QED) is 0.536. The zero-order chi connectivity index (χ0) is 15.7. The number of rotatable bonds is 9. The Balaban J connectivity index is 2.15. The van der Waals surface area contributed by atoms with Gasteiger partial charge in [-0.05, 0) is 48.3 Å². The second-order valence-corrected chi connectivity index (χ2v) is 7.43. The van der Waals surface area contributed by atoms with Crippen molar-refractivity contribution in [2.75, 3.05) is 18.9 Å². The van der Waals surface area contributed by atoms with Crippen molar-refractivity contribution >= 4 is 29.3 Å². The molecule has 0 aliphatic heterocycles. The zero-order valence-electron chi connectivity index (χ0n) is 12.7. The summed E-state index contributed by atoms with van der Waals surface area (Å²) in [7, 11) is 0. The fourth-order valence-corrected chi connectivity index (χ4v) is 2.75.